The molecule has 0 bridgehead atoms. The van der Waals surface area contributed by atoms with Gasteiger partial charge in [0.05, 0.1) is 18.6 Å². The molecule has 2 fully saturated rings. The lowest BCUT2D eigenvalue weighted by Gasteiger charge is -2.37. The highest BCUT2D eigenvalue weighted by Crippen LogP contribution is 2.25. The third kappa shape index (κ3) is 9.61. The fraction of sp³-hybridized carbons (Fsp3) is 0.708. The Kier molecular flexibility index (Phi) is 14.3. The Hall–Kier alpha value is -1.26. The van der Waals surface area contributed by atoms with E-state index in [1.54, 1.807) is 12.1 Å². The molecular weight excluding hydrogens is 511 g/mol. The van der Waals surface area contributed by atoms with Crippen LogP contribution in [0, 0.1) is 5.92 Å². The molecule has 8 nitrogen and oxygen atoms in total. The van der Waals surface area contributed by atoms with Crippen molar-refractivity contribution < 1.29 is 17.9 Å². The molecule has 3 rings (SSSR count). The molecule has 0 amide bonds. The molecule has 0 aliphatic carbocycles. The lowest BCUT2D eigenvalue weighted by molar-refractivity contribution is -0.138. The number of hydrogen-bond acceptors (Lipinski definition) is 7. The smallest absolute Gasteiger partial charge is 0.326 e. The summed E-state index contributed by atoms with van der Waals surface area (Å²) in [6, 6.07) is 7.51. The van der Waals surface area contributed by atoms with Gasteiger partial charge in [0.1, 0.15) is 6.54 Å². The number of methoxy groups -OCH3 is 1. The number of hydrogen-bond donors (Lipinski definition) is 1. The molecule has 0 aromatic heterocycles. The van der Waals surface area contributed by atoms with Crippen molar-refractivity contribution in [3.8, 4) is 0 Å². The average molecular weight is 554 g/mol. The van der Waals surface area contributed by atoms with Crippen LogP contribution in [0.3, 0.4) is 0 Å². The van der Waals surface area contributed by atoms with E-state index < -0.39 is 16.0 Å². The van der Waals surface area contributed by atoms with Crippen LogP contribution in [-0.2, 0) is 19.6 Å². The van der Waals surface area contributed by atoms with Gasteiger partial charge in [0.15, 0.2) is 0 Å². The molecule has 0 radical (unpaired) electrons. The van der Waals surface area contributed by atoms with Gasteiger partial charge >= 0.3 is 5.97 Å². The van der Waals surface area contributed by atoms with Gasteiger partial charge in [0, 0.05) is 31.9 Å². The maximum atomic E-state index is 12.8. The molecule has 1 aromatic rings. The summed E-state index contributed by atoms with van der Waals surface area (Å²) in [7, 11) is -2.32. The van der Waals surface area contributed by atoms with E-state index in [2.05, 4.69) is 15.1 Å². The molecule has 2 heterocycles. The number of carbonyl (C=O) groups is 1. The van der Waals surface area contributed by atoms with Gasteiger partial charge in [-0.2, -0.15) is 0 Å². The van der Waals surface area contributed by atoms with Crippen LogP contribution in [0.5, 0.6) is 0 Å². The molecule has 11 heteroatoms. The molecular formula is C24H42Cl2N4O4S. The summed E-state index contributed by atoms with van der Waals surface area (Å²) in [5.41, 5.74) is 1.58. The number of piperazine rings is 1. The number of sulfonamides is 1. The Morgan fingerprint density at radius 1 is 1.09 bits per heavy atom. The highest BCUT2D eigenvalue weighted by Gasteiger charge is 2.26. The summed E-state index contributed by atoms with van der Waals surface area (Å²) < 4.78 is 31.6. The Bertz CT molecular complexity index is 844. The molecule has 0 atom stereocenters. The molecule has 0 saturated carbocycles. The van der Waals surface area contributed by atoms with Gasteiger partial charge < -0.3 is 15.0 Å². The Morgan fingerprint density at radius 3 is 2.29 bits per heavy atom. The highest BCUT2D eigenvalue weighted by molar-refractivity contribution is 7.92. The van der Waals surface area contributed by atoms with E-state index in [9.17, 15) is 13.2 Å². The number of anilines is 2. The molecule has 2 aliphatic heterocycles. The molecule has 0 unspecified atom stereocenters. The van der Waals surface area contributed by atoms with Crippen LogP contribution >= 0.6 is 24.8 Å². The van der Waals surface area contributed by atoms with E-state index in [1.165, 1.54) is 37.2 Å². The first kappa shape index (κ1) is 31.8. The number of halogens is 2. The van der Waals surface area contributed by atoms with Crippen LogP contribution in [-0.4, -0.2) is 84.5 Å². The van der Waals surface area contributed by atoms with Gasteiger partial charge in [-0.3, -0.25) is 14.0 Å². The summed E-state index contributed by atoms with van der Waals surface area (Å²) in [5.74, 6) is 0.305. The van der Waals surface area contributed by atoms with E-state index in [1.807, 2.05) is 19.1 Å². The Morgan fingerprint density at radius 2 is 1.71 bits per heavy atom. The third-order valence-electron chi connectivity index (χ3n) is 6.78. The van der Waals surface area contributed by atoms with Crippen LogP contribution in [0.25, 0.3) is 0 Å². The predicted molar refractivity (Wildman–Crippen MR) is 148 cm³/mol. The first-order valence-corrected chi connectivity index (χ1v) is 13.9. The minimum Gasteiger partial charge on any atom is -0.468 e. The number of unbranched alkanes of at least 4 members (excludes halogenated alkanes) is 1. The maximum Gasteiger partial charge on any atom is 0.326 e. The van der Waals surface area contributed by atoms with Crippen LogP contribution in [0.15, 0.2) is 24.3 Å². The quantitative estimate of drug-likeness (QED) is 0.422. The van der Waals surface area contributed by atoms with Gasteiger partial charge in [0.2, 0.25) is 10.0 Å². The minimum absolute atomic E-state index is 0. The van der Waals surface area contributed by atoms with E-state index >= 15 is 0 Å². The topological polar surface area (TPSA) is 82.2 Å². The normalized spacial score (nSPS) is 17.3. The Balaban J connectivity index is 0.00000306. The second-order valence-electron chi connectivity index (χ2n) is 9.08. The number of piperidine rings is 1. The summed E-state index contributed by atoms with van der Waals surface area (Å²) in [5, 5.41) is 3.44. The zero-order chi connectivity index (χ0) is 23.7. The van der Waals surface area contributed by atoms with Crippen molar-refractivity contribution >= 4 is 52.2 Å². The number of nitrogens with one attached hydrogen (secondary N) is 1. The van der Waals surface area contributed by atoms with Crippen LogP contribution in [0.1, 0.15) is 39.0 Å². The average Bonchev–Trinajstić information content (AvgIpc) is 2.85. The predicted octanol–water partition coefficient (Wildman–Crippen LogP) is 3.15. The second-order valence-corrected chi connectivity index (χ2v) is 11.1. The zero-order valence-corrected chi connectivity index (χ0v) is 23.4. The molecule has 2 saturated heterocycles. The van der Waals surface area contributed by atoms with Crippen LogP contribution in [0.4, 0.5) is 11.4 Å². The molecule has 1 aromatic carbocycles. The number of ether oxygens (including phenoxy) is 1. The van der Waals surface area contributed by atoms with Crippen molar-refractivity contribution in [3.63, 3.8) is 0 Å². The molecule has 202 valence electrons. The minimum atomic E-state index is -3.60. The van der Waals surface area contributed by atoms with Gasteiger partial charge in [-0.05, 0) is 75.5 Å². The van der Waals surface area contributed by atoms with E-state index in [0.29, 0.717) is 12.1 Å². The van der Waals surface area contributed by atoms with Crippen molar-refractivity contribution in [1.29, 1.82) is 0 Å². The SMILES string of the molecule is CCCCS(=O)(=O)N(CC(=O)OC)c1ccc(N2CCN(CCC3CCNCC3)CC2)cc1.Cl.Cl. The van der Waals surface area contributed by atoms with Crippen molar-refractivity contribution in [1.82, 2.24) is 10.2 Å². The summed E-state index contributed by atoms with van der Waals surface area (Å²) in [6.45, 7) is 9.16. The number of benzene rings is 1. The first-order chi connectivity index (χ1) is 15.9. The number of rotatable bonds is 11. The number of nitrogens with zero attached hydrogens (tertiary/aromatic N) is 3. The molecule has 0 spiro atoms. The highest BCUT2D eigenvalue weighted by atomic mass is 35.5. The van der Waals surface area contributed by atoms with Gasteiger partial charge in [0.25, 0.3) is 0 Å². The zero-order valence-electron chi connectivity index (χ0n) is 21.0. The fourth-order valence-electron chi connectivity index (χ4n) is 4.56. The summed E-state index contributed by atoms with van der Waals surface area (Å²) in [4.78, 5) is 16.8. The van der Waals surface area contributed by atoms with Crippen molar-refractivity contribution in [2.75, 3.05) is 74.4 Å². The molecule has 35 heavy (non-hydrogen) atoms. The molecule has 1 N–H and O–H groups in total. The van der Waals surface area contributed by atoms with E-state index in [-0.39, 0.29) is 37.1 Å². The van der Waals surface area contributed by atoms with Gasteiger partial charge in [-0.25, -0.2) is 8.42 Å². The second kappa shape index (κ2) is 15.8. The third-order valence-corrected chi connectivity index (χ3v) is 8.60. The Labute approximate surface area is 223 Å². The van der Waals surface area contributed by atoms with Gasteiger partial charge in [-0.15, -0.1) is 24.8 Å². The summed E-state index contributed by atoms with van der Waals surface area (Å²) in [6.07, 6.45) is 5.22. The standard InChI is InChI=1S/C24H40N4O4S.2ClH/c1-3-4-19-33(30,31)28(20-24(29)32-2)23-7-5-22(6-8-23)27-17-15-26(16-18-27)14-11-21-9-12-25-13-10-21;;/h5-8,21,25H,3-4,9-20H2,1-2H3;2*1H. The van der Waals surface area contributed by atoms with Crippen LogP contribution < -0.4 is 14.5 Å². The largest absolute Gasteiger partial charge is 0.468 e. The lowest BCUT2D eigenvalue weighted by atomic mass is 9.94. The maximum absolute atomic E-state index is 12.8. The van der Waals surface area contributed by atoms with Crippen molar-refractivity contribution in [2.24, 2.45) is 5.92 Å². The van der Waals surface area contributed by atoms with E-state index in [4.69, 9.17) is 4.74 Å². The lowest BCUT2D eigenvalue weighted by Crippen LogP contribution is -2.47. The van der Waals surface area contributed by atoms with Crippen molar-refractivity contribution in [2.45, 2.75) is 39.0 Å². The number of carbonyl (C=O) groups excluding carboxylic acids is 1. The first-order valence-electron chi connectivity index (χ1n) is 12.3. The molecule has 2 aliphatic rings. The van der Waals surface area contributed by atoms with Crippen molar-refractivity contribution in [3.05, 3.63) is 24.3 Å². The van der Waals surface area contributed by atoms with Gasteiger partial charge in [-0.1, -0.05) is 13.3 Å². The van der Waals surface area contributed by atoms with E-state index in [0.717, 1.165) is 57.3 Å². The summed E-state index contributed by atoms with van der Waals surface area (Å²) >= 11 is 0. The van der Waals surface area contributed by atoms with Crippen LogP contribution in [0.2, 0.25) is 0 Å². The fourth-order valence-corrected chi connectivity index (χ4v) is 6.18. The monoisotopic (exact) mass is 552 g/mol. The number of esters is 1.